The third kappa shape index (κ3) is 7.66. The molecule has 3 aromatic rings. The van der Waals surface area contributed by atoms with Crippen LogP contribution < -0.4 is 9.62 Å². The highest BCUT2D eigenvalue weighted by Gasteiger charge is 2.34. The highest BCUT2D eigenvalue weighted by atomic mass is 32.2. The average molecular weight is 554 g/mol. The van der Waals surface area contributed by atoms with Gasteiger partial charge >= 0.3 is 0 Å². The molecule has 3 aromatic carbocycles. The van der Waals surface area contributed by atoms with E-state index < -0.39 is 39.9 Å². The second-order valence-electron chi connectivity index (χ2n) is 10.4. The maximum absolute atomic E-state index is 14.0. The molecule has 0 fully saturated rings. The van der Waals surface area contributed by atoms with Crippen LogP contribution in [0.3, 0.4) is 0 Å². The van der Waals surface area contributed by atoms with Crippen molar-refractivity contribution in [2.45, 2.75) is 64.1 Å². The minimum atomic E-state index is -4.13. The van der Waals surface area contributed by atoms with Gasteiger partial charge in [0.1, 0.15) is 18.4 Å². The van der Waals surface area contributed by atoms with Crippen molar-refractivity contribution in [1.82, 2.24) is 10.2 Å². The number of hydrogen-bond acceptors (Lipinski definition) is 4. The summed E-state index contributed by atoms with van der Waals surface area (Å²) in [5.41, 5.74) is 1.11. The molecule has 0 heterocycles. The van der Waals surface area contributed by atoms with Gasteiger partial charge in [0.15, 0.2) is 0 Å². The number of aryl methyl sites for hydroxylation is 1. The monoisotopic (exact) mass is 553 g/mol. The summed E-state index contributed by atoms with van der Waals surface area (Å²) in [6.45, 7) is 8.57. The lowest BCUT2D eigenvalue weighted by Gasteiger charge is -2.35. The average Bonchev–Trinajstić information content (AvgIpc) is 2.88. The van der Waals surface area contributed by atoms with E-state index in [1.54, 1.807) is 68.4 Å². The molecule has 3 rings (SSSR count). The number of nitrogens with one attached hydrogen (secondary N) is 1. The number of carbonyl (C=O) groups excluding carboxylic acids is 2. The Kier molecular flexibility index (Phi) is 9.50. The molecular weight excluding hydrogens is 517 g/mol. The van der Waals surface area contributed by atoms with Gasteiger partial charge in [0.2, 0.25) is 11.8 Å². The van der Waals surface area contributed by atoms with E-state index in [2.05, 4.69) is 5.32 Å². The molecule has 0 aliphatic heterocycles. The first kappa shape index (κ1) is 29.8. The van der Waals surface area contributed by atoms with Gasteiger partial charge in [0.05, 0.1) is 10.6 Å². The lowest BCUT2D eigenvalue weighted by Crippen LogP contribution is -2.55. The van der Waals surface area contributed by atoms with Crippen LogP contribution >= 0.6 is 0 Å². The summed E-state index contributed by atoms with van der Waals surface area (Å²) in [6.07, 6.45) is 0.296. The molecule has 0 aliphatic carbocycles. The number of anilines is 1. The number of sulfonamides is 1. The summed E-state index contributed by atoms with van der Waals surface area (Å²) in [5.74, 6) is -1.33. The lowest BCUT2D eigenvalue weighted by molar-refractivity contribution is -0.141. The molecule has 0 saturated carbocycles. The van der Waals surface area contributed by atoms with Crippen molar-refractivity contribution >= 4 is 27.5 Å². The fourth-order valence-electron chi connectivity index (χ4n) is 4.24. The van der Waals surface area contributed by atoms with E-state index in [-0.39, 0.29) is 17.3 Å². The summed E-state index contributed by atoms with van der Waals surface area (Å²) in [7, 11) is -4.13. The van der Waals surface area contributed by atoms with Crippen LogP contribution in [0.25, 0.3) is 0 Å². The molecule has 9 heteroatoms. The predicted molar refractivity (Wildman–Crippen MR) is 151 cm³/mol. The quantitative estimate of drug-likeness (QED) is 0.381. The summed E-state index contributed by atoms with van der Waals surface area (Å²) in [4.78, 5) is 28.8. The van der Waals surface area contributed by atoms with E-state index in [9.17, 15) is 22.4 Å². The van der Waals surface area contributed by atoms with E-state index in [1.165, 1.54) is 29.2 Å². The fourth-order valence-corrected chi connectivity index (χ4v) is 5.73. The zero-order chi connectivity index (χ0) is 28.8. The van der Waals surface area contributed by atoms with Crippen molar-refractivity contribution in [2.75, 3.05) is 10.8 Å². The number of para-hydroxylation sites is 1. The number of benzene rings is 3. The number of hydrogen-bond donors (Lipinski definition) is 1. The van der Waals surface area contributed by atoms with E-state index in [1.807, 2.05) is 20.8 Å². The van der Waals surface area contributed by atoms with Crippen molar-refractivity contribution in [1.29, 1.82) is 0 Å². The Bertz CT molecular complexity index is 1390. The highest BCUT2D eigenvalue weighted by Crippen LogP contribution is 2.27. The Labute approximate surface area is 230 Å². The van der Waals surface area contributed by atoms with Gasteiger partial charge in [-0.3, -0.25) is 13.9 Å². The predicted octanol–water partition coefficient (Wildman–Crippen LogP) is 5.05. The second-order valence-corrected chi connectivity index (χ2v) is 12.3. The minimum absolute atomic E-state index is 0.00216. The third-order valence-electron chi connectivity index (χ3n) is 6.14. The van der Waals surface area contributed by atoms with Crippen LogP contribution in [-0.4, -0.2) is 43.3 Å². The van der Waals surface area contributed by atoms with Crippen molar-refractivity contribution in [3.8, 4) is 0 Å². The first-order chi connectivity index (χ1) is 18.3. The molecular formula is C30H36FN3O4S. The van der Waals surface area contributed by atoms with E-state index in [0.717, 1.165) is 4.31 Å². The third-order valence-corrected chi connectivity index (χ3v) is 7.92. The molecule has 0 bridgehead atoms. The van der Waals surface area contributed by atoms with Crippen molar-refractivity contribution < 1.29 is 22.4 Å². The summed E-state index contributed by atoms with van der Waals surface area (Å²) in [6, 6.07) is 19.6. The van der Waals surface area contributed by atoms with Crippen LogP contribution in [0.1, 0.15) is 45.2 Å². The van der Waals surface area contributed by atoms with Gasteiger partial charge in [0, 0.05) is 12.1 Å². The standard InChI is InChI=1S/C30H36FN3O4S/c1-6-26(29(36)32-30(3,4)5)33(20-23-16-18-24(31)19-17-23)28(35)21-34(27-15-11-10-12-22(27)2)39(37,38)25-13-8-7-9-14-25/h7-19,26H,6,20-21H2,1-5H3,(H,32,36)/t26-/m0/s1. The number of halogens is 1. The second kappa shape index (κ2) is 12.4. The first-order valence-corrected chi connectivity index (χ1v) is 14.3. The summed E-state index contributed by atoms with van der Waals surface area (Å²) in [5, 5.41) is 2.93. The maximum Gasteiger partial charge on any atom is 0.264 e. The van der Waals surface area contributed by atoms with Gasteiger partial charge in [-0.15, -0.1) is 0 Å². The summed E-state index contributed by atoms with van der Waals surface area (Å²) >= 11 is 0. The normalized spacial score (nSPS) is 12.5. The lowest BCUT2D eigenvalue weighted by atomic mass is 10.1. The highest BCUT2D eigenvalue weighted by molar-refractivity contribution is 7.92. The maximum atomic E-state index is 14.0. The molecule has 0 radical (unpaired) electrons. The Morgan fingerprint density at radius 3 is 2.08 bits per heavy atom. The molecule has 7 nitrogen and oxygen atoms in total. The Morgan fingerprint density at radius 2 is 1.51 bits per heavy atom. The van der Waals surface area contributed by atoms with Crippen molar-refractivity contribution in [3.63, 3.8) is 0 Å². The Balaban J connectivity index is 2.07. The molecule has 0 saturated heterocycles. The van der Waals surface area contributed by atoms with E-state index in [0.29, 0.717) is 23.2 Å². The molecule has 0 aromatic heterocycles. The van der Waals surface area contributed by atoms with Crippen LogP contribution in [0.15, 0.2) is 83.8 Å². The van der Waals surface area contributed by atoms with Crippen molar-refractivity contribution in [3.05, 3.63) is 95.8 Å². The van der Waals surface area contributed by atoms with Crippen molar-refractivity contribution in [2.24, 2.45) is 0 Å². The van der Waals surface area contributed by atoms with Gasteiger partial charge in [-0.2, -0.15) is 0 Å². The molecule has 1 N–H and O–H groups in total. The largest absolute Gasteiger partial charge is 0.350 e. The Morgan fingerprint density at radius 1 is 0.923 bits per heavy atom. The van der Waals surface area contributed by atoms with Gasteiger partial charge < -0.3 is 10.2 Å². The van der Waals surface area contributed by atoms with Gasteiger partial charge in [-0.25, -0.2) is 12.8 Å². The van der Waals surface area contributed by atoms with Crippen LogP contribution in [0.4, 0.5) is 10.1 Å². The smallest absolute Gasteiger partial charge is 0.264 e. The fraction of sp³-hybridized carbons (Fsp3) is 0.333. The SMILES string of the molecule is CC[C@@H](C(=O)NC(C)(C)C)N(Cc1ccc(F)cc1)C(=O)CN(c1ccccc1C)S(=O)(=O)c1ccccc1. The molecule has 208 valence electrons. The number of carbonyl (C=O) groups is 2. The molecule has 0 unspecified atom stereocenters. The first-order valence-electron chi connectivity index (χ1n) is 12.8. The van der Waals surface area contributed by atoms with Gasteiger partial charge in [0.25, 0.3) is 10.0 Å². The Hall–Kier alpha value is -3.72. The van der Waals surface area contributed by atoms with E-state index in [4.69, 9.17) is 0 Å². The topological polar surface area (TPSA) is 86.8 Å². The van der Waals surface area contributed by atoms with Crippen LogP contribution in [0.5, 0.6) is 0 Å². The molecule has 2 amide bonds. The molecule has 0 spiro atoms. The van der Waals surface area contributed by atoms with Crippen LogP contribution in [0, 0.1) is 12.7 Å². The number of amides is 2. The van der Waals surface area contributed by atoms with Crippen LogP contribution in [0.2, 0.25) is 0 Å². The van der Waals surface area contributed by atoms with Crippen LogP contribution in [-0.2, 0) is 26.2 Å². The minimum Gasteiger partial charge on any atom is -0.350 e. The molecule has 1 atom stereocenters. The van der Waals surface area contributed by atoms with Gasteiger partial charge in [-0.05, 0) is 75.6 Å². The van der Waals surface area contributed by atoms with Gasteiger partial charge in [-0.1, -0.05) is 55.5 Å². The summed E-state index contributed by atoms with van der Waals surface area (Å²) < 4.78 is 42.4. The number of rotatable bonds is 10. The zero-order valence-electron chi connectivity index (χ0n) is 23.0. The molecule has 0 aliphatic rings. The number of nitrogens with zero attached hydrogens (tertiary/aromatic N) is 2. The zero-order valence-corrected chi connectivity index (χ0v) is 23.8. The van der Waals surface area contributed by atoms with E-state index >= 15 is 0 Å². The molecule has 39 heavy (non-hydrogen) atoms.